The Morgan fingerprint density at radius 3 is 2.29 bits per heavy atom. The lowest BCUT2D eigenvalue weighted by molar-refractivity contribution is -0.137. The molecule has 0 saturated carbocycles. The van der Waals surface area contributed by atoms with Crippen LogP contribution in [0.25, 0.3) is 11.3 Å². The number of aromatic amines is 1. The quantitative estimate of drug-likeness (QED) is 0.820. The van der Waals surface area contributed by atoms with E-state index in [4.69, 9.17) is 0 Å². The SMILES string of the molecule is O=Cc1ncc(-c2ccc(C(F)(F)F)cc2)[nH]1. The number of hydrogen-bond donors (Lipinski definition) is 1. The van der Waals surface area contributed by atoms with Gasteiger partial charge in [-0.25, -0.2) is 4.98 Å². The van der Waals surface area contributed by atoms with Crippen LogP contribution in [0, 0.1) is 0 Å². The van der Waals surface area contributed by atoms with E-state index in [1.54, 1.807) is 0 Å². The molecule has 0 amide bonds. The first kappa shape index (κ1) is 11.4. The molecule has 1 heterocycles. The van der Waals surface area contributed by atoms with Gasteiger partial charge in [0.1, 0.15) is 0 Å². The van der Waals surface area contributed by atoms with Gasteiger partial charge in [0.15, 0.2) is 12.1 Å². The van der Waals surface area contributed by atoms with Crippen molar-refractivity contribution < 1.29 is 18.0 Å². The van der Waals surface area contributed by atoms with Gasteiger partial charge in [0.25, 0.3) is 0 Å². The fourth-order valence-corrected chi connectivity index (χ4v) is 1.38. The van der Waals surface area contributed by atoms with Crippen LogP contribution in [0.1, 0.15) is 16.2 Å². The van der Waals surface area contributed by atoms with Gasteiger partial charge in [-0.2, -0.15) is 13.2 Å². The summed E-state index contributed by atoms with van der Waals surface area (Å²) < 4.78 is 36.9. The number of H-pyrrole nitrogens is 1. The summed E-state index contributed by atoms with van der Waals surface area (Å²) in [5, 5.41) is 0. The van der Waals surface area contributed by atoms with Crippen LogP contribution in [0.4, 0.5) is 13.2 Å². The van der Waals surface area contributed by atoms with Gasteiger partial charge in [-0.05, 0) is 17.7 Å². The van der Waals surface area contributed by atoms with Crippen molar-refractivity contribution in [3.8, 4) is 11.3 Å². The van der Waals surface area contributed by atoms with Gasteiger partial charge in [-0.15, -0.1) is 0 Å². The average Bonchev–Trinajstić information content (AvgIpc) is 2.76. The van der Waals surface area contributed by atoms with Gasteiger partial charge in [0.2, 0.25) is 0 Å². The number of carbonyl (C=O) groups excluding carboxylic acids is 1. The second kappa shape index (κ2) is 4.04. The molecule has 0 unspecified atom stereocenters. The number of rotatable bonds is 2. The molecule has 3 nitrogen and oxygen atoms in total. The monoisotopic (exact) mass is 240 g/mol. The Morgan fingerprint density at radius 1 is 1.18 bits per heavy atom. The lowest BCUT2D eigenvalue weighted by Crippen LogP contribution is -2.03. The Balaban J connectivity index is 2.32. The molecular weight excluding hydrogens is 233 g/mol. The maximum atomic E-state index is 12.3. The van der Waals surface area contributed by atoms with Crippen molar-refractivity contribution in [2.24, 2.45) is 0 Å². The molecule has 6 heteroatoms. The van der Waals surface area contributed by atoms with Crippen molar-refractivity contribution in [3.63, 3.8) is 0 Å². The smallest absolute Gasteiger partial charge is 0.336 e. The average molecular weight is 240 g/mol. The van der Waals surface area contributed by atoms with Crippen molar-refractivity contribution in [1.82, 2.24) is 9.97 Å². The molecule has 1 N–H and O–H groups in total. The molecule has 2 rings (SSSR count). The number of nitrogens with zero attached hydrogens (tertiary/aromatic N) is 1. The summed E-state index contributed by atoms with van der Waals surface area (Å²) in [5.74, 6) is 0.139. The predicted molar refractivity (Wildman–Crippen MR) is 54.4 cm³/mol. The highest BCUT2D eigenvalue weighted by molar-refractivity contribution is 5.71. The summed E-state index contributed by atoms with van der Waals surface area (Å²) in [4.78, 5) is 16.8. The summed E-state index contributed by atoms with van der Waals surface area (Å²) in [6, 6.07) is 4.61. The lowest BCUT2D eigenvalue weighted by Gasteiger charge is -2.06. The summed E-state index contributed by atoms with van der Waals surface area (Å²) >= 11 is 0. The van der Waals surface area contributed by atoms with Gasteiger partial charge in [0, 0.05) is 0 Å². The fraction of sp³-hybridized carbons (Fsp3) is 0.0909. The normalized spacial score (nSPS) is 11.5. The van der Waals surface area contributed by atoms with E-state index in [2.05, 4.69) is 9.97 Å². The molecule has 2 aromatic rings. The Hall–Kier alpha value is -2.11. The van der Waals surface area contributed by atoms with Crippen LogP contribution < -0.4 is 0 Å². The number of hydrogen-bond acceptors (Lipinski definition) is 2. The maximum Gasteiger partial charge on any atom is 0.416 e. The number of aldehydes is 1. The minimum Gasteiger partial charge on any atom is -0.336 e. The first-order chi connectivity index (χ1) is 8.00. The van der Waals surface area contributed by atoms with Crippen molar-refractivity contribution in [1.29, 1.82) is 0 Å². The Kier molecular flexibility index (Phi) is 2.71. The lowest BCUT2D eigenvalue weighted by atomic mass is 10.1. The largest absolute Gasteiger partial charge is 0.416 e. The van der Waals surface area contributed by atoms with Crippen molar-refractivity contribution >= 4 is 6.29 Å². The van der Waals surface area contributed by atoms with Crippen LogP contribution in [0.3, 0.4) is 0 Å². The van der Waals surface area contributed by atoms with Gasteiger partial charge >= 0.3 is 6.18 Å². The summed E-state index contributed by atoms with van der Waals surface area (Å²) in [5.41, 5.74) is 0.329. The second-order valence-electron chi connectivity index (χ2n) is 3.38. The van der Waals surface area contributed by atoms with Crippen molar-refractivity contribution in [2.45, 2.75) is 6.18 Å². The van der Waals surface area contributed by atoms with Gasteiger partial charge in [-0.1, -0.05) is 12.1 Å². The minimum absolute atomic E-state index is 0.139. The molecule has 17 heavy (non-hydrogen) atoms. The first-order valence-corrected chi connectivity index (χ1v) is 4.68. The van der Waals surface area contributed by atoms with Crippen LogP contribution in [-0.2, 0) is 6.18 Å². The molecule has 0 saturated heterocycles. The van der Waals surface area contributed by atoms with E-state index >= 15 is 0 Å². The fourth-order valence-electron chi connectivity index (χ4n) is 1.38. The summed E-state index contributed by atoms with van der Waals surface area (Å²) in [6.45, 7) is 0. The number of nitrogens with one attached hydrogen (secondary N) is 1. The third kappa shape index (κ3) is 2.35. The van der Waals surface area contributed by atoms with Gasteiger partial charge < -0.3 is 4.98 Å². The highest BCUT2D eigenvalue weighted by Crippen LogP contribution is 2.30. The third-order valence-electron chi connectivity index (χ3n) is 2.23. The standard InChI is InChI=1S/C11H7F3N2O/c12-11(13,14)8-3-1-7(2-4-8)9-5-15-10(6-17)16-9/h1-6H,(H,15,16). The van der Waals surface area contributed by atoms with Gasteiger partial charge in [0.05, 0.1) is 17.5 Å². The topological polar surface area (TPSA) is 45.8 Å². The molecule has 0 fully saturated rings. The van der Waals surface area contributed by atoms with Crippen LogP contribution >= 0.6 is 0 Å². The van der Waals surface area contributed by atoms with Crippen LogP contribution in [0.15, 0.2) is 30.5 Å². The zero-order chi connectivity index (χ0) is 12.5. The van der Waals surface area contributed by atoms with Crippen LogP contribution in [-0.4, -0.2) is 16.3 Å². The van der Waals surface area contributed by atoms with E-state index in [-0.39, 0.29) is 5.82 Å². The molecule has 0 aliphatic heterocycles. The highest BCUT2D eigenvalue weighted by atomic mass is 19.4. The first-order valence-electron chi connectivity index (χ1n) is 4.68. The van der Waals surface area contributed by atoms with Crippen molar-refractivity contribution in [2.75, 3.05) is 0 Å². The molecule has 0 spiro atoms. The molecular formula is C11H7F3N2O. The molecule has 88 valence electrons. The molecule has 0 bridgehead atoms. The zero-order valence-electron chi connectivity index (χ0n) is 8.45. The number of benzene rings is 1. The minimum atomic E-state index is -4.35. The highest BCUT2D eigenvalue weighted by Gasteiger charge is 2.29. The molecule has 1 aromatic carbocycles. The Bertz CT molecular complexity index is 528. The summed E-state index contributed by atoms with van der Waals surface area (Å²) in [6.07, 6.45) is -2.42. The molecule has 0 aliphatic rings. The number of carbonyl (C=O) groups is 1. The van der Waals surface area contributed by atoms with Crippen molar-refractivity contribution in [3.05, 3.63) is 41.9 Å². The third-order valence-corrected chi connectivity index (χ3v) is 2.23. The maximum absolute atomic E-state index is 12.3. The number of aromatic nitrogens is 2. The summed E-state index contributed by atoms with van der Waals surface area (Å²) in [7, 11) is 0. The van der Waals surface area contributed by atoms with E-state index < -0.39 is 11.7 Å². The predicted octanol–water partition coefficient (Wildman–Crippen LogP) is 2.91. The molecule has 0 aliphatic carbocycles. The zero-order valence-corrected chi connectivity index (χ0v) is 8.45. The number of imidazole rings is 1. The van der Waals surface area contributed by atoms with Crippen LogP contribution in [0.5, 0.6) is 0 Å². The van der Waals surface area contributed by atoms with Gasteiger partial charge in [-0.3, -0.25) is 4.79 Å². The van der Waals surface area contributed by atoms with E-state index in [1.807, 2.05) is 0 Å². The van der Waals surface area contributed by atoms with E-state index in [0.29, 0.717) is 17.5 Å². The number of alkyl halides is 3. The van der Waals surface area contributed by atoms with E-state index in [9.17, 15) is 18.0 Å². The van der Waals surface area contributed by atoms with Crippen LogP contribution in [0.2, 0.25) is 0 Å². The molecule has 0 radical (unpaired) electrons. The van der Waals surface area contributed by atoms with E-state index in [0.717, 1.165) is 12.1 Å². The molecule has 1 aromatic heterocycles. The number of halogens is 3. The molecule has 0 atom stereocenters. The van der Waals surface area contributed by atoms with E-state index in [1.165, 1.54) is 18.3 Å². The Labute approximate surface area is 94.3 Å². The Morgan fingerprint density at radius 2 is 1.82 bits per heavy atom. The second-order valence-corrected chi connectivity index (χ2v) is 3.38.